The molecule has 9 heteroatoms. The second-order valence-corrected chi connectivity index (χ2v) is 9.50. The van der Waals surface area contributed by atoms with Crippen molar-refractivity contribution in [3.8, 4) is 5.75 Å². The van der Waals surface area contributed by atoms with E-state index in [1.54, 1.807) is 31.2 Å². The number of sulfone groups is 1. The normalized spacial score (nSPS) is 12.1. The minimum atomic E-state index is -4.25. The van der Waals surface area contributed by atoms with Gasteiger partial charge in [0.05, 0.1) is 16.9 Å². The number of non-ortho nitro benzene ring substituents is 1. The lowest BCUT2D eigenvalue weighted by Gasteiger charge is -2.17. The van der Waals surface area contributed by atoms with E-state index in [9.17, 15) is 28.1 Å². The van der Waals surface area contributed by atoms with Crippen molar-refractivity contribution in [2.45, 2.75) is 23.5 Å². The summed E-state index contributed by atoms with van der Waals surface area (Å²) >= 11 is 0. The number of carbonyl (C=O) groups excluding carboxylic acids is 2. The van der Waals surface area contributed by atoms with Crippen LogP contribution in [0.3, 0.4) is 0 Å². The highest BCUT2D eigenvalue weighted by Gasteiger charge is 2.36. The van der Waals surface area contributed by atoms with E-state index in [2.05, 4.69) is 0 Å². The van der Waals surface area contributed by atoms with Gasteiger partial charge in [0, 0.05) is 29.7 Å². The lowest BCUT2D eigenvalue weighted by Crippen LogP contribution is -2.33. The summed E-state index contributed by atoms with van der Waals surface area (Å²) in [5.41, 5.74) is 0.756. The summed E-state index contributed by atoms with van der Waals surface area (Å²) in [5.74, 6) is -0.952. The first-order valence-electron chi connectivity index (χ1n) is 9.90. The molecule has 0 radical (unpaired) electrons. The van der Waals surface area contributed by atoms with Crippen LogP contribution in [0.15, 0.2) is 77.7 Å². The number of benzene rings is 3. The molecule has 8 nitrogen and oxygen atoms in total. The van der Waals surface area contributed by atoms with Crippen molar-refractivity contribution in [1.29, 1.82) is 0 Å². The molecule has 3 aromatic carbocycles. The fourth-order valence-electron chi connectivity index (χ4n) is 3.25. The van der Waals surface area contributed by atoms with Crippen LogP contribution in [0.1, 0.15) is 32.7 Å². The fraction of sp³-hybridized carbons (Fsp3) is 0.167. The van der Waals surface area contributed by atoms with E-state index in [-0.39, 0.29) is 21.7 Å². The number of hydrogen-bond donors (Lipinski definition) is 0. The third-order valence-corrected chi connectivity index (χ3v) is 7.20. The smallest absolute Gasteiger partial charge is 0.269 e. The number of ether oxygens (including phenoxy) is 1. The lowest BCUT2D eigenvalue weighted by molar-refractivity contribution is -0.384. The van der Waals surface area contributed by atoms with Crippen LogP contribution < -0.4 is 4.74 Å². The topological polar surface area (TPSA) is 121 Å². The van der Waals surface area contributed by atoms with Gasteiger partial charge in [-0.25, -0.2) is 8.42 Å². The maximum absolute atomic E-state index is 13.4. The van der Waals surface area contributed by atoms with Crippen molar-refractivity contribution in [1.82, 2.24) is 0 Å². The molecule has 0 aliphatic heterocycles. The van der Waals surface area contributed by atoms with Crippen LogP contribution in [0.5, 0.6) is 5.75 Å². The molecule has 0 aliphatic rings. The Kier molecular flexibility index (Phi) is 7.03. The molecule has 0 aliphatic carbocycles. The molecule has 0 saturated carbocycles. The van der Waals surface area contributed by atoms with Crippen molar-refractivity contribution >= 4 is 27.1 Å². The number of rotatable bonds is 9. The summed E-state index contributed by atoms with van der Waals surface area (Å²) in [6, 6.07) is 16.8. The molecule has 0 saturated heterocycles. The SMILES string of the molecule is COc1cccc(C(=O)C[C@H](C(=O)c2ccc([N+](=O)[O-])cc2)S(=O)(=O)c2ccc(C)cc2)c1. The second-order valence-electron chi connectivity index (χ2n) is 7.37. The number of nitro groups is 1. The Morgan fingerprint density at radius 3 is 2.18 bits per heavy atom. The molecule has 3 aromatic rings. The summed E-state index contributed by atoms with van der Waals surface area (Å²) < 4.78 is 31.9. The molecule has 0 bridgehead atoms. The maximum Gasteiger partial charge on any atom is 0.269 e. The van der Waals surface area contributed by atoms with Crippen LogP contribution in [0, 0.1) is 17.0 Å². The van der Waals surface area contributed by atoms with Crippen molar-refractivity contribution in [2.24, 2.45) is 0 Å². The molecular formula is C24H21NO7S. The molecule has 0 spiro atoms. The second kappa shape index (κ2) is 9.74. The zero-order valence-corrected chi connectivity index (χ0v) is 18.7. The Hall–Kier alpha value is -3.85. The largest absolute Gasteiger partial charge is 0.497 e. The Morgan fingerprint density at radius 1 is 0.970 bits per heavy atom. The summed E-state index contributed by atoms with van der Waals surface area (Å²) in [6.07, 6.45) is -0.598. The van der Waals surface area contributed by atoms with Crippen LogP contribution in [0.4, 0.5) is 5.69 Å². The van der Waals surface area contributed by atoms with Gasteiger partial charge in [-0.05, 0) is 43.3 Å². The van der Waals surface area contributed by atoms with Crippen LogP contribution in [-0.4, -0.2) is 37.3 Å². The molecule has 0 aromatic heterocycles. The third-order valence-electron chi connectivity index (χ3n) is 5.14. The van der Waals surface area contributed by atoms with Crippen molar-refractivity contribution in [3.05, 3.63) is 99.6 Å². The highest BCUT2D eigenvalue weighted by molar-refractivity contribution is 7.92. The fourth-order valence-corrected chi connectivity index (χ4v) is 4.88. The molecule has 0 amide bonds. The first kappa shape index (κ1) is 23.8. The van der Waals surface area contributed by atoms with Gasteiger partial charge in [0.2, 0.25) is 0 Å². The molecule has 170 valence electrons. The Balaban J connectivity index is 2.03. The molecular weight excluding hydrogens is 446 g/mol. The molecule has 33 heavy (non-hydrogen) atoms. The van der Waals surface area contributed by atoms with Crippen LogP contribution in [0.2, 0.25) is 0 Å². The summed E-state index contributed by atoms with van der Waals surface area (Å²) in [5, 5.41) is 9.20. The first-order valence-corrected chi connectivity index (χ1v) is 11.4. The van der Waals surface area contributed by atoms with Crippen LogP contribution in [0.25, 0.3) is 0 Å². The zero-order chi connectivity index (χ0) is 24.2. The Labute approximate surface area is 190 Å². The highest BCUT2D eigenvalue weighted by Crippen LogP contribution is 2.26. The molecule has 0 N–H and O–H groups in total. The predicted molar refractivity (Wildman–Crippen MR) is 122 cm³/mol. The van der Waals surface area contributed by atoms with Crippen LogP contribution in [-0.2, 0) is 9.84 Å². The quantitative estimate of drug-likeness (QED) is 0.262. The predicted octanol–water partition coefficient (Wildman–Crippen LogP) is 4.21. The zero-order valence-electron chi connectivity index (χ0n) is 17.9. The van der Waals surface area contributed by atoms with Crippen molar-refractivity contribution < 1.29 is 27.7 Å². The minimum Gasteiger partial charge on any atom is -0.497 e. The van der Waals surface area contributed by atoms with Gasteiger partial charge in [-0.1, -0.05) is 29.8 Å². The van der Waals surface area contributed by atoms with Gasteiger partial charge in [-0.3, -0.25) is 19.7 Å². The number of ketones is 2. The number of methoxy groups -OCH3 is 1. The number of hydrogen-bond acceptors (Lipinski definition) is 7. The average Bonchev–Trinajstić information content (AvgIpc) is 2.82. The Morgan fingerprint density at radius 2 is 1.61 bits per heavy atom. The van der Waals surface area contributed by atoms with Crippen molar-refractivity contribution in [2.75, 3.05) is 7.11 Å². The number of nitro benzene ring substituents is 1. The lowest BCUT2D eigenvalue weighted by atomic mass is 10.0. The monoisotopic (exact) mass is 467 g/mol. The van der Waals surface area contributed by atoms with Gasteiger partial charge in [0.15, 0.2) is 21.4 Å². The number of aryl methyl sites for hydroxylation is 1. The molecule has 1 atom stereocenters. The van der Waals surface area contributed by atoms with Crippen LogP contribution >= 0.6 is 0 Å². The van der Waals surface area contributed by atoms with E-state index < -0.39 is 38.0 Å². The minimum absolute atomic E-state index is 0.0419. The van der Waals surface area contributed by atoms with Gasteiger partial charge in [0.25, 0.3) is 5.69 Å². The van der Waals surface area contributed by atoms with Gasteiger partial charge >= 0.3 is 0 Å². The van der Waals surface area contributed by atoms with Crippen molar-refractivity contribution in [3.63, 3.8) is 0 Å². The Bertz CT molecular complexity index is 1300. The van der Waals surface area contributed by atoms with E-state index >= 15 is 0 Å². The summed E-state index contributed by atoms with van der Waals surface area (Å²) in [7, 11) is -2.81. The number of carbonyl (C=O) groups is 2. The number of Topliss-reactive ketones (excluding diaryl/α,β-unsaturated/α-hetero) is 2. The summed E-state index contributed by atoms with van der Waals surface area (Å²) in [6.45, 7) is 1.79. The van der Waals surface area contributed by atoms with E-state index in [1.807, 2.05) is 0 Å². The van der Waals surface area contributed by atoms with E-state index in [4.69, 9.17) is 4.74 Å². The van der Waals surface area contributed by atoms with E-state index in [0.717, 1.165) is 17.7 Å². The molecule has 0 unspecified atom stereocenters. The van der Waals surface area contributed by atoms with E-state index in [0.29, 0.717) is 5.75 Å². The molecule has 3 rings (SSSR count). The highest BCUT2D eigenvalue weighted by atomic mass is 32.2. The van der Waals surface area contributed by atoms with E-state index in [1.165, 1.54) is 43.5 Å². The molecule has 0 heterocycles. The third kappa shape index (κ3) is 5.32. The molecule has 0 fully saturated rings. The maximum atomic E-state index is 13.4. The average molecular weight is 467 g/mol. The van der Waals surface area contributed by atoms with Gasteiger partial charge in [0.1, 0.15) is 11.0 Å². The van der Waals surface area contributed by atoms with Gasteiger partial charge in [-0.2, -0.15) is 0 Å². The summed E-state index contributed by atoms with van der Waals surface area (Å²) in [4.78, 5) is 36.4. The van der Waals surface area contributed by atoms with Gasteiger partial charge in [-0.15, -0.1) is 0 Å². The number of nitrogens with zero attached hydrogens (tertiary/aromatic N) is 1. The first-order chi connectivity index (χ1) is 15.6. The standard InChI is InChI=1S/C24H21NO7S/c1-16-6-12-21(13-7-16)33(30,31)23(15-22(26)18-4-3-5-20(14-18)32-2)24(27)17-8-10-19(11-9-17)25(28)29/h3-14,23H,15H2,1-2H3/t23-/m1/s1. The van der Waals surface area contributed by atoms with Gasteiger partial charge < -0.3 is 4.74 Å².